The maximum Gasteiger partial charge on any atom is 0.471 e. The quantitative estimate of drug-likeness (QED) is 0.199. The predicted octanol–water partition coefficient (Wildman–Crippen LogP) is 4.57. The molecule has 0 bridgehead atoms. The molecular weight excluding hydrogens is 611 g/mol. The summed E-state index contributed by atoms with van der Waals surface area (Å²) in [6.07, 6.45) is -4.46. The van der Waals surface area contributed by atoms with Crippen LogP contribution in [0.15, 0.2) is 78.0 Å². The van der Waals surface area contributed by atoms with E-state index in [0.717, 1.165) is 21.4 Å². The highest BCUT2D eigenvalue weighted by Gasteiger charge is 2.47. The molecule has 45 heavy (non-hydrogen) atoms. The number of hydrogen-bond donors (Lipinski definition) is 2. The van der Waals surface area contributed by atoms with Crippen molar-refractivity contribution in [1.82, 2.24) is 10.2 Å². The van der Waals surface area contributed by atoms with Gasteiger partial charge in [0.15, 0.2) is 12.5 Å². The lowest BCUT2D eigenvalue weighted by Crippen LogP contribution is -2.50. The number of amides is 2. The first kappa shape index (κ1) is 32.7. The Labute approximate surface area is 262 Å². The number of nitrogens with one attached hydrogen (secondary N) is 1. The number of ether oxygens (including phenoxy) is 2. The SMILES string of the molecule is CC1C(CSc2cccc[n+]2[O-])OC(c2ccc(CNC(=O)C3CCCN3C(=O)C(F)(F)F)cc2)OC1c1ccc(CO)cc1. The van der Waals surface area contributed by atoms with Crippen LogP contribution >= 0.6 is 11.8 Å². The Morgan fingerprint density at radius 2 is 1.73 bits per heavy atom. The fourth-order valence-corrected chi connectivity index (χ4v) is 6.63. The minimum atomic E-state index is -5.03. The van der Waals surface area contributed by atoms with E-state index in [9.17, 15) is 33.1 Å². The van der Waals surface area contributed by atoms with Crippen molar-refractivity contribution in [2.75, 3.05) is 12.3 Å². The Morgan fingerprint density at radius 3 is 2.40 bits per heavy atom. The highest BCUT2D eigenvalue weighted by Crippen LogP contribution is 2.43. The molecule has 5 rings (SSSR count). The van der Waals surface area contributed by atoms with Gasteiger partial charge < -0.3 is 30.0 Å². The third kappa shape index (κ3) is 7.78. The number of carbonyl (C=O) groups excluding carboxylic acids is 2. The van der Waals surface area contributed by atoms with Crippen molar-refractivity contribution >= 4 is 23.6 Å². The number of hydrogen-bond acceptors (Lipinski definition) is 7. The van der Waals surface area contributed by atoms with Crippen molar-refractivity contribution in [3.8, 4) is 0 Å². The molecule has 2 amide bonds. The fourth-order valence-electron chi connectivity index (χ4n) is 5.55. The van der Waals surface area contributed by atoms with E-state index in [1.54, 1.807) is 42.5 Å². The average Bonchev–Trinajstić information content (AvgIpc) is 3.53. The van der Waals surface area contributed by atoms with Crippen LogP contribution in [0.25, 0.3) is 0 Å². The smallest absolute Gasteiger partial charge is 0.471 e. The second-order valence-electron chi connectivity index (χ2n) is 11.1. The van der Waals surface area contributed by atoms with Crippen LogP contribution in [0, 0.1) is 11.1 Å². The zero-order valence-electron chi connectivity index (χ0n) is 24.5. The molecule has 0 radical (unpaired) electrons. The standard InChI is InChI=1S/C32H34F3N3O6S/c1-20-26(19-45-27-6-2-3-16-38(27)42)43-30(44-28(20)23-11-9-22(18-39)10-12-23)24-13-7-21(8-14-24)17-36-29(40)25-5-4-15-37(25)31(41)32(33,34)35/h2-3,6-14,16,20,25-26,28,30,39H,4-5,15,17-19H2,1H3,(H,36,40). The van der Waals surface area contributed by atoms with Crippen LogP contribution in [0.4, 0.5) is 13.2 Å². The van der Waals surface area contributed by atoms with Gasteiger partial charge in [-0.3, -0.25) is 9.59 Å². The van der Waals surface area contributed by atoms with Crippen molar-refractivity contribution in [3.63, 3.8) is 0 Å². The summed E-state index contributed by atoms with van der Waals surface area (Å²) >= 11 is 1.39. The Morgan fingerprint density at radius 1 is 1.04 bits per heavy atom. The normalized spacial score (nSPS) is 23.6. The lowest BCUT2D eigenvalue weighted by Gasteiger charge is -2.41. The molecule has 5 atom stereocenters. The maximum atomic E-state index is 12.9. The highest BCUT2D eigenvalue weighted by molar-refractivity contribution is 7.99. The second-order valence-corrected chi connectivity index (χ2v) is 12.2. The first-order chi connectivity index (χ1) is 21.5. The molecule has 2 fully saturated rings. The predicted molar refractivity (Wildman–Crippen MR) is 158 cm³/mol. The van der Waals surface area contributed by atoms with Gasteiger partial charge in [-0.25, -0.2) is 0 Å². The molecule has 2 aromatic carbocycles. The average molecular weight is 646 g/mol. The Bertz CT molecular complexity index is 1470. The monoisotopic (exact) mass is 645 g/mol. The number of alkyl halides is 3. The minimum absolute atomic E-state index is 0.0679. The van der Waals surface area contributed by atoms with E-state index in [0.29, 0.717) is 27.7 Å². The Hall–Kier alpha value is -3.65. The molecule has 2 N–H and O–H groups in total. The molecule has 3 heterocycles. The first-order valence-corrected chi connectivity index (χ1v) is 15.6. The van der Waals surface area contributed by atoms with Gasteiger partial charge in [-0.2, -0.15) is 17.9 Å². The fraction of sp³-hybridized carbons (Fsp3) is 0.406. The highest BCUT2D eigenvalue weighted by atomic mass is 32.2. The molecule has 0 saturated carbocycles. The molecule has 3 aromatic rings. The number of thioether (sulfide) groups is 1. The summed E-state index contributed by atoms with van der Waals surface area (Å²) in [7, 11) is 0. The third-order valence-electron chi connectivity index (χ3n) is 8.08. The Kier molecular flexibility index (Phi) is 10.3. The van der Waals surface area contributed by atoms with Crippen LogP contribution in [0.3, 0.4) is 0 Å². The summed E-state index contributed by atoms with van der Waals surface area (Å²) in [6.45, 7) is 1.91. The van der Waals surface area contributed by atoms with E-state index < -0.39 is 30.3 Å². The van der Waals surface area contributed by atoms with Crippen molar-refractivity contribution in [2.24, 2.45) is 5.92 Å². The van der Waals surface area contributed by atoms with Gasteiger partial charge >= 0.3 is 12.1 Å². The molecule has 1 aromatic heterocycles. The van der Waals surface area contributed by atoms with Gasteiger partial charge in [-0.15, -0.1) is 0 Å². The van der Waals surface area contributed by atoms with Gasteiger partial charge in [0.05, 0.1) is 18.8 Å². The molecule has 0 aliphatic carbocycles. The van der Waals surface area contributed by atoms with E-state index in [2.05, 4.69) is 5.32 Å². The summed E-state index contributed by atoms with van der Waals surface area (Å²) in [5, 5.41) is 24.9. The van der Waals surface area contributed by atoms with Gasteiger partial charge in [-0.05, 0) is 35.6 Å². The van der Waals surface area contributed by atoms with Crippen LogP contribution in [0.2, 0.25) is 0 Å². The zero-order valence-corrected chi connectivity index (χ0v) is 25.3. The van der Waals surface area contributed by atoms with Gasteiger partial charge in [0.2, 0.25) is 5.91 Å². The zero-order chi connectivity index (χ0) is 32.1. The summed E-state index contributed by atoms with van der Waals surface area (Å²) in [4.78, 5) is 25.0. The maximum absolute atomic E-state index is 12.9. The van der Waals surface area contributed by atoms with Gasteiger partial charge in [0.25, 0.3) is 5.03 Å². The van der Waals surface area contributed by atoms with E-state index in [1.807, 2.05) is 31.2 Å². The van der Waals surface area contributed by atoms with Gasteiger partial charge in [0, 0.05) is 42.5 Å². The van der Waals surface area contributed by atoms with Crippen molar-refractivity contribution in [2.45, 2.75) is 68.7 Å². The first-order valence-electron chi connectivity index (χ1n) is 14.6. The molecule has 5 unspecified atom stereocenters. The summed E-state index contributed by atoms with van der Waals surface area (Å²) in [5.74, 6) is -2.21. The molecular formula is C32H34F3N3O6S. The number of carbonyl (C=O) groups is 2. The lowest BCUT2D eigenvalue weighted by atomic mass is 9.91. The molecule has 9 nitrogen and oxygen atoms in total. The van der Waals surface area contributed by atoms with Crippen molar-refractivity contribution in [1.29, 1.82) is 0 Å². The van der Waals surface area contributed by atoms with Crippen molar-refractivity contribution in [3.05, 3.63) is 100 Å². The van der Waals surface area contributed by atoms with Gasteiger partial charge in [0.1, 0.15) is 6.04 Å². The van der Waals surface area contributed by atoms with E-state index >= 15 is 0 Å². The number of rotatable bonds is 9. The van der Waals surface area contributed by atoms with Crippen LogP contribution < -0.4 is 10.0 Å². The number of aliphatic hydroxyl groups excluding tert-OH is 1. The van der Waals surface area contributed by atoms with E-state index in [1.165, 1.54) is 18.0 Å². The Balaban J connectivity index is 1.27. The van der Waals surface area contributed by atoms with Crippen LogP contribution in [-0.2, 0) is 32.2 Å². The number of aromatic nitrogens is 1. The molecule has 2 aliphatic rings. The number of benzene rings is 2. The number of halogens is 3. The molecule has 240 valence electrons. The molecule has 2 saturated heterocycles. The third-order valence-corrected chi connectivity index (χ3v) is 9.19. The molecule has 0 spiro atoms. The lowest BCUT2D eigenvalue weighted by molar-refractivity contribution is -0.645. The van der Waals surface area contributed by atoms with E-state index in [4.69, 9.17) is 9.47 Å². The van der Waals surface area contributed by atoms with Crippen LogP contribution in [-0.4, -0.2) is 52.4 Å². The summed E-state index contributed by atoms with van der Waals surface area (Å²) in [5.41, 5.74) is 3.13. The second kappa shape index (κ2) is 14.2. The van der Waals surface area contributed by atoms with Gasteiger partial charge in [-0.1, -0.05) is 67.2 Å². The summed E-state index contributed by atoms with van der Waals surface area (Å²) in [6, 6.07) is 18.7. The molecule has 13 heteroatoms. The largest absolute Gasteiger partial charge is 0.618 e. The number of pyridine rings is 1. The summed E-state index contributed by atoms with van der Waals surface area (Å²) < 4.78 is 52.5. The molecule has 2 aliphatic heterocycles. The minimum Gasteiger partial charge on any atom is -0.618 e. The van der Waals surface area contributed by atoms with E-state index in [-0.39, 0.29) is 44.2 Å². The number of nitrogens with zero attached hydrogens (tertiary/aromatic N) is 2. The van der Waals surface area contributed by atoms with Crippen molar-refractivity contribution < 1.29 is 42.1 Å². The topological polar surface area (TPSA) is 115 Å². The van der Waals surface area contributed by atoms with Crippen LogP contribution in [0.5, 0.6) is 0 Å². The van der Waals surface area contributed by atoms with Crippen LogP contribution in [0.1, 0.15) is 54.4 Å². The number of aliphatic hydroxyl groups is 1. The number of likely N-dealkylation sites (tertiary alicyclic amines) is 1.